The highest BCUT2D eigenvalue weighted by Gasteiger charge is 2.30. The quantitative estimate of drug-likeness (QED) is 0.763. The molecule has 1 aromatic heterocycles. The standard InChI is InChI=1S/C21H30N6O.2ClH/c1-17-4-3-5-18(14-17)25-10-12-26(13-11-25)20(28)16-27-9-6-22-15-19(27)21-23-7-8-24(21)2;;/h3-5,7-8,14,19,22H,6,9-13,15-16H2,1-2H3;2*1H. The van der Waals surface area contributed by atoms with Gasteiger partial charge in [-0.2, -0.15) is 0 Å². The van der Waals surface area contributed by atoms with Gasteiger partial charge < -0.3 is 19.7 Å². The molecule has 2 saturated heterocycles. The Morgan fingerprint density at radius 2 is 1.93 bits per heavy atom. The first-order valence-electron chi connectivity index (χ1n) is 10.1. The van der Waals surface area contributed by atoms with Gasteiger partial charge in [-0.1, -0.05) is 12.1 Å². The molecule has 4 rings (SSSR count). The van der Waals surface area contributed by atoms with Crippen LogP contribution in [0.5, 0.6) is 0 Å². The van der Waals surface area contributed by atoms with Gasteiger partial charge in [0.15, 0.2) is 0 Å². The number of hydrogen-bond donors (Lipinski definition) is 1. The van der Waals surface area contributed by atoms with E-state index in [1.165, 1.54) is 11.3 Å². The second-order valence-electron chi connectivity index (χ2n) is 7.79. The van der Waals surface area contributed by atoms with E-state index in [2.05, 4.69) is 55.9 Å². The fraction of sp³-hybridized carbons (Fsp3) is 0.524. The zero-order valence-corrected chi connectivity index (χ0v) is 19.3. The van der Waals surface area contributed by atoms with Crippen molar-refractivity contribution < 1.29 is 4.79 Å². The Balaban J connectivity index is 0.00000160. The number of piperazine rings is 2. The van der Waals surface area contributed by atoms with Crippen LogP contribution in [0.15, 0.2) is 36.7 Å². The van der Waals surface area contributed by atoms with Crippen LogP contribution >= 0.6 is 24.8 Å². The first kappa shape index (κ1) is 24.5. The van der Waals surface area contributed by atoms with Gasteiger partial charge >= 0.3 is 0 Å². The minimum absolute atomic E-state index is 0. The third-order valence-corrected chi connectivity index (χ3v) is 5.85. The van der Waals surface area contributed by atoms with Crippen molar-refractivity contribution in [2.45, 2.75) is 13.0 Å². The highest BCUT2D eigenvalue weighted by molar-refractivity contribution is 5.85. The van der Waals surface area contributed by atoms with Crippen molar-refractivity contribution in [1.82, 2.24) is 24.7 Å². The van der Waals surface area contributed by atoms with Crippen molar-refractivity contribution in [2.24, 2.45) is 7.05 Å². The van der Waals surface area contributed by atoms with Crippen molar-refractivity contribution >= 4 is 36.4 Å². The van der Waals surface area contributed by atoms with E-state index in [0.29, 0.717) is 6.54 Å². The summed E-state index contributed by atoms with van der Waals surface area (Å²) in [6.07, 6.45) is 3.79. The predicted octanol–water partition coefficient (Wildman–Crippen LogP) is 1.87. The molecular formula is C21H32Cl2N6O. The number of nitrogens with one attached hydrogen (secondary N) is 1. The third-order valence-electron chi connectivity index (χ3n) is 5.85. The molecule has 1 unspecified atom stereocenters. The zero-order valence-electron chi connectivity index (χ0n) is 17.7. The van der Waals surface area contributed by atoms with Crippen LogP contribution in [0.3, 0.4) is 0 Å². The number of benzene rings is 1. The second kappa shape index (κ2) is 11.0. The first-order valence-corrected chi connectivity index (χ1v) is 10.1. The molecule has 0 aliphatic carbocycles. The molecule has 9 heteroatoms. The van der Waals surface area contributed by atoms with Crippen LogP contribution < -0.4 is 10.2 Å². The Kier molecular flexibility index (Phi) is 8.97. The molecule has 3 heterocycles. The molecule has 0 bridgehead atoms. The van der Waals surface area contributed by atoms with Crippen LogP contribution in [-0.2, 0) is 11.8 Å². The molecule has 2 aromatic rings. The summed E-state index contributed by atoms with van der Waals surface area (Å²) < 4.78 is 2.05. The molecule has 30 heavy (non-hydrogen) atoms. The third kappa shape index (κ3) is 5.46. The Bertz CT molecular complexity index is 821. The summed E-state index contributed by atoms with van der Waals surface area (Å²) in [5, 5.41) is 3.44. The van der Waals surface area contributed by atoms with Gasteiger partial charge in [0.25, 0.3) is 0 Å². The molecule has 2 aliphatic heterocycles. The van der Waals surface area contributed by atoms with E-state index in [0.717, 1.165) is 51.6 Å². The van der Waals surface area contributed by atoms with E-state index in [1.807, 2.05) is 24.3 Å². The fourth-order valence-electron chi connectivity index (χ4n) is 4.20. The van der Waals surface area contributed by atoms with Crippen LogP contribution in [0.4, 0.5) is 5.69 Å². The van der Waals surface area contributed by atoms with Gasteiger partial charge in [0.2, 0.25) is 5.91 Å². The van der Waals surface area contributed by atoms with Crippen LogP contribution in [0.1, 0.15) is 17.4 Å². The summed E-state index contributed by atoms with van der Waals surface area (Å²) in [7, 11) is 2.02. The monoisotopic (exact) mass is 454 g/mol. The Labute approximate surface area is 191 Å². The first-order chi connectivity index (χ1) is 13.6. The lowest BCUT2D eigenvalue weighted by molar-refractivity contribution is -0.133. The van der Waals surface area contributed by atoms with Crippen LogP contribution in [0.2, 0.25) is 0 Å². The summed E-state index contributed by atoms with van der Waals surface area (Å²) in [5.41, 5.74) is 2.53. The maximum absolute atomic E-state index is 13.0. The van der Waals surface area contributed by atoms with Crippen molar-refractivity contribution in [2.75, 3.05) is 57.3 Å². The Morgan fingerprint density at radius 1 is 1.17 bits per heavy atom. The average molecular weight is 455 g/mol. The lowest BCUT2D eigenvalue weighted by Gasteiger charge is -2.39. The number of nitrogens with zero attached hydrogens (tertiary/aromatic N) is 5. The zero-order chi connectivity index (χ0) is 19.5. The SMILES string of the molecule is Cc1cccc(N2CCN(C(=O)CN3CCNCC3c3nccn3C)CC2)c1.Cl.Cl. The molecule has 0 spiro atoms. The van der Waals surface area contributed by atoms with Gasteiger partial charge in [-0.15, -0.1) is 24.8 Å². The van der Waals surface area contributed by atoms with E-state index in [9.17, 15) is 4.79 Å². The molecule has 1 amide bonds. The number of amides is 1. The van der Waals surface area contributed by atoms with Crippen LogP contribution in [-0.4, -0.2) is 77.6 Å². The topological polar surface area (TPSA) is 56.6 Å². The number of anilines is 1. The van der Waals surface area contributed by atoms with Gasteiger partial charge in [-0.3, -0.25) is 9.69 Å². The van der Waals surface area contributed by atoms with Crippen molar-refractivity contribution in [3.8, 4) is 0 Å². The van der Waals surface area contributed by atoms with Gasteiger partial charge in [0.1, 0.15) is 5.82 Å². The number of aryl methyl sites for hydroxylation is 2. The Hall–Kier alpha value is -1.80. The lowest BCUT2D eigenvalue weighted by Crippen LogP contribution is -2.54. The van der Waals surface area contributed by atoms with E-state index in [4.69, 9.17) is 0 Å². The summed E-state index contributed by atoms with van der Waals surface area (Å²) in [5.74, 6) is 1.24. The minimum atomic E-state index is 0. The lowest BCUT2D eigenvalue weighted by atomic mass is 10.1. The number of carbonyl (C=O) groups is 1. The second-order valence-corrected chi connectivity index (χ2v) is 7.79. The molecule has 2 aliphatic rings. The van der Waals surface area contributed by atoms with Crippen molar-refractivity contribution in [1.29, 1.82) is 0 Å². The van der Waals surface area contributed by atoms with E-state index in [1.54, 1.807) is 0 Å². The molecule has 0 radical (unpaired) electrons. The van der Waals surface area contributed by atoms with E-state index >= 15 is 0 Å². The van der Waals surface area contributed by atoms with E-state index in [-0.39, 0.29) is 36.8 Å². The summed E-state index contributed by atoms with van der Waals surface area (Å²) in [4.78, 5) is 24.2. The number of halogens is 2. The normalized spacial score (nSPS) is 19.7. The van der Waals surface area contributed by atoms with Gasteiger partial charge in [-0.25, -0.2) is 4.98 Å². The molecule has 2 fully saturated rings. The molecular weight excluding hydrogens is 423 g/mol. The summed E-state index contributed by atoms with van der Waals surface area (Å²) in [6, 6.07) is 8.74. The number of aromatic nitrogens is 2. The predicted molar refractivity (Wildman–Crippen MR) is 125 cm³/mol. The number of imidazole rings is 1. The molecule has 0 saturated carbocycles. The minimum Gasteiger partial charge on any atom is -0.368 e. The average Bonchev–Trinajstić information content (AvgIpc) is 3.14. The highest BCUT2D eigenvalue weighted by Crippen LogP contribution is 2.21. The van der Waals surface area contributed by atoms with Gasteiger partial charge in [0, 0.05) is 70.9 Å². The van der Waals surface area contributed by atoms with Crippen molar-refractivity contribution in [3.05, 3.63) is 48.0 Å². The molecule has 166 valence electrons. The maximum Gasteiger partial charge on any atom is 0.236 e. The smallest absolute Gasteiger partial charge is 0.236 e. The maximum atomic E-state index is 13.0. The largest absolute Gasteiger partial charge is 0.368 e. The number of carbonyl (C=O) groups excluding carboxylic acids is 1. The molecule has 1 N–H and O–H groups in total. The summed E-state index contributed by atoms with van der Waals surface area (Å²) >= 11 is 0. The molecule has 1 aromatic carbocycles. The fourth-order valence-corrected chi connectivity index (χ4v) is 4.20. The van der Waals surface area contributed by atoms with Gasteiger partial charge in [0.05, 0.1) is 12.6 Å². The van der Waals surface area contributed by atoms with Crippen LogP contribution in [0.25, 0.3) is 0 Å². The highest BCUT2D eigenvalue weighted by atomic mass is 35.5. The number of hydrogen-bond acceptors (Lipinski definition) is 5. The van der Waals surface area contributed by atoms with Crippen LogP contribution in [0, 0.1) is 6.92 Å². The number of rotatable bonds is 4. The van der Waals surface area contributed by atoms with Gasteiger partial charge in [-0.05, 0) is 24.6 Å². The molecule has 1 atom stereocenters. The Morgan fingerprint density at radius 3 is 2.60 bits per heavy atom. The summed E-state index contributed by atoms with van der Waals surface area (Å²) in [6.45, 7) is 8.54. The van der Waals surface area contributed by atoms with Crippen molar-refractivity contribution in [3.63, 3.8) is 0 Å². The van der Waals surface area contributed by atoms with E-state index < -0.39 is 0 Å². The molecule has 7 nitrogen and oxygen atoms in total.